The van der Waals surface area contributed by atoms with Gasteiger partial charge in [-0.1, -0.05) is 30.3 Å². The van der Waals surface area contributed by atoms with Crippen LogP contribution in [0.3, 0.4) is 0 Å². The van der Waals surface area contributed by atoms with Crippen LogP contribution in [-0.4, -0.2) is 35.3 Å². The van der Waals surface area contributed by atoms with E-state index >= 15 is 0 Å². The van der Waals surface area contributed by atoms with Crippen molar-refractivity contribution >= 4 is 23.6 Å². The zero-order valence-corrected chi connectivity index (χ0v) is 15.2. The van der Waals surface area contributed by atoms with Crippen molar-refractivity contribution in [2.24, 2.45) is 0 Å². The minimum absolute atomic E-state index is 0.0515. The number of benzene rings is 2. The molecule has 2 aromatic carbocycles. The van der Waals surface area contributed by atoms with Crippen LogP contribution < -0.4 is 5.32 Å². The van der Waals surface area contributed by atoms with Gasteiger partial charge in [0.25, 0.3) is 0 Å². The second-order valence-electron chi connectivity index (χ2n) is 6.72. The Labute approximate surface area is 159 Å². The largest absolute Gasteiger partial charge is 0.352 e. The molecule has 7 heteroatoms. The van der Waals surface area contributed by atoms with Crippen LogP contribution in [0.15, 0.2) is 53.4 Å². The third kappa shape index (κ3) is 3.43. The van der Waals surface area contributed by atoms with Gasteiger partial charge in [-0.15, -0.1) is 11.8 Å². The zero-order chi connectivity index (χ0) is 19.0. The second kappa shape index (κ2) is 7.31. The van der Waals surface area contributed by atoms with Crippen LogP contribution >= 0.6 is 11.8 Å². The van der Waals surface area contributed by atoms with E-state index in [4.69, 9.17) is 0 Å². The first kappa shape index (κ1) is 18.0. The van der Waals surface area contributed by atoms with Crippen LogP contribution in [0.5, 0.6) is 0 Å². The molecule has 1 N–H and O–H groups in total. The molecule has 2 amide bonds. The molecule has 2 aliphatic heterocycles. The lowest BCUT2D eigenvalue weighted by atomic mass is 10.1. The smallest absolute Gasteiger partial charge is 0.242 e. The van der Waals surface area contributed by atoms with Crippen molar-refractivity contribution in [3.05, 3.63) is 65.7 Å². The molecule has 4 nitrogen and oxygen atoms in total. The number of rotatable bonds is 4. The predicted molar refractivity (Wildman–Crippen MR) is 98.1 cm³/mol. The molecule has 27 heavy (non-hydrogen) atoms. The summed E-state index contributed by atoms with van der Waals surface area (Å²) in [6.45, 7) is 0.432. The number of hydrogen-bond donors (Lipinski definition) is 1. The zero-order valence-electron chi connectivity index (χ0n) is 14.4. The van der Waals surface area contributed by atoms with Gasteiger partial charge in [-0.2, -0.15) is 0 Å². The Kier molecular flexibility index (Phi) is 4.86. The van der Waals surface area contributed by atoms with Gasteiger partial charge in [0.2, 0.25) is 11.8 Å². The molecule has 2 aliphatic rings. The van der Waals surface area contributed by atoms with E-state index in [0.29, 0.717) is 18.5 Å². The van der Waals surface area contributed by atoms with Crippen LogP contribution in [0.4, 0.5) is 8.78 Å². The highest BCUT2D eigenvalue weighted by Crippen LogP contribution is 2.41. The normalized spacial score (nSPS) is 22.4. The summed E-state index contributed by atoms with van der Waals surface area (Å²) in [5.74, 6) is -1.52. The first-order chi connectivity index (χ1) is 13.0. The monoisotopic (exact) mass is 388 g/mol. The van der Waals surface area contributed by atoms with Gasteiger partial charge in [0.1, 0.15) is 22.9 Å². The Balaban J connectivity index is 1.69. The fourth-order valence-corrected chi connectivity index (χ4v) is 4.86. The molecule has 3 atom stereocenters. The molecule has 2 saturated heterocycles. The first-order valence-corrected chi connectivity index (χ1v) is 9.69. The summed E-state index contributed by atoms with van der Waals surface area (Å²) < 4.78 is 27.8. The first-order valence-electron chi connectivity index (χ1n) is 8.81. The summed E-state index contributed by atoms with van der Waals surface area (Å²) in [4.78, 5) is 27.3. The van der Waals surface area contributed by atoms with Crippen molar-refractivity contribution in [1.29, 1.82) is 0 Å². The summed E-state index contributed by atoms with van der Waals surface area (Å²) in [5, 5.41) is 2.07. The molecule has 0 spiro atoms. The van der Waals surface area contributed by atoms with Gasteiger partial charge in [-0.25, -0.2) is 8.78 Å². The number of nitrogens with one attached hydrogen (secondary N) is 1. The van der Waals surface area contributed by atoms with Crippen LogP contribution in [0.25, 0.3) is 0 Å². The van der Waals surface area contributed by atoms with Crippen molar-refractivity contribution in [3.63, 3.8) is 0 Å². The number of piperazine rings is 1. The molecule has 4 rings (SSSR count). The third-order valence-corrected chi connectivity index (χ3v) is 6.31. The highest BCUT2D eigenvalue weighted by atomic mass is 32.2. The molecule has 0 aromatic heterocycles. The number of nitrogens with zero attached hydrogens (tertiary/aromatic N) is 1. The molecule has 140 valence electrons. The summed E-state index contributed by atoms with van der Waals surface area (Å²) in [6, 6.07) is 11.7. The number of amides is 2. The highest BCUT2D eigenvalue weighted by molar-refractivity contribution is 8.00. The lowest BCUT2D eigenvalue weighted by Gasteiger charge is -2.36. The van der Waals surface area contributed by atoms with Gasteiger partial charge in [0.15, 0.2) is 0 Å². The molecule has 2 fully saturated rings. The number of fused-ring (bicyclic) bond motifs is 2. The molecule has 2 heterocycles. The Morgan fingerprint density at radius 1 is 1.15 bits per heavy atom. The van der Waals surface area contributed by atoms with Crippen molar-refractivity contribution < 1.29 is 18.4 Å². The molecule has 2 bridgehead atoms. The minimum atomic E-state index is -0.753. The summed E-state index contributed by atoms with van der Waals surface area (Å²) >= 11 is 0.980. The fourth-order valence-electron chi connectivity index (χ4n) is 3.73. The Morgan fingerprint density at radius 2 is 1.93 bits per heavy atom. The maximum absolute atomic E-state index is 14.2. The third-order valence-electron chi connectivity index (χ3n) is 5.04. The number of carbonyl (C=O) groups is 2. The van der Waals surface area contributed by atoms with Gasteiger partial charge in [0, 0.05) is 11.4 Å². The predicted octanol–water partition coefficient (Wildman–Crippen LogP) is 3.29. The van der Waals surface area contributed by atoms with Crippen molar-refractivity contribution in [2.75, 3.05) is 6.54 Å². The molecule has 0 aliphatic carbocycles. The van der Waals surface area contributed by atoms with E-state index in [1.165, 1.54) is 0 Å². The summed E-state index contributed by atoms with van der Waals surface area (Å²) in [7, 11) is 0. The topological polar surface area (TPSA) is 49.4 Å². The lowest BCUT2D eigenvalue weighted by Crippen LogP contribution is -2.58. The minimum Gasteiger partial charge on any atom is -0.352 e. The number of thioether (sulfide) groups is 1. The lowest BCUT2D eigenvalue weighted by molar-refractivity contribution is -0.142. The highest BCUT2D eigenvalue weighted by Gasteiger charge is 2.46. The van der Waals surface area contributed by atoms with E-state index in [0.717, 1.165) is 36.4 Å². The standard InChI is InChI=1S/C20H18F2N2O2S/c21-13-6-8-15(22)17(10-13)27-18(12-4-2-1-3-5-12)20(26)24-14-7-9-16(24)19(25)23-11-14/h1-6,8,10,14,16,18H,7,9,11H2,(H,23,25). The van der Waals surface area contributed by atoms with E-state index in [1.54, 1.807) is 29.2 Å². The van der Waals surface area contributed by atoms with E-state index in [2.05, 4.69) is 5.32 Å². The van der Waals surface area contributed by atoms with E-state index in [-0.39, 0.29) is 22.8 Å². The molecule has 2 aromatic rings. The fraction of sp³-hybridized carbons (Fsp3) is 0.300. The Hall–Kier alpha value is -2.41. The van der Waals surface area contributed by atoms with Crippen LogP contribution in [0, 0.1) is 11.6 Å². The van der Waals surface area contributed by atoms with Gasteiger partial charge < -0.3 is 10.2 Å². The van der Waals surface area contributed by atoms with Crippen molar-refractivity contribution in [1.82, 2.24) is 10.2 Å². The van der Waals surface area contributed by atoms with E-state index in [9.17, 15) is 18.4 Å². The molecular formula is C20H18F2N2O2S. The SMILES string of the molecule is O=C1NCC2CCC1N2C(=O)C(Sc1cc(F)ccc1F)c1ccccc1. The number of halogens is 2. The quantitative estimate of drug-likeness (QED) is 0.818. The van der Waals surface area contributed by atoms with Crippen LogP contribution in [0.1, 0.15) is 23.7 Å². The maximum atomic E-state index is 14.2. The maximum Gasteiger partial charge on any atom is 0.242 e. The average Bonchev–Trinajstić information content (AvgIpc) is 3.02. The van der Waals surface area contributed by atoms with Gasteiger partial charge in [-0.3, -0.25) is 9.59 Å². The van der Waals surface area contributed by atoms with Gasteiger partial charge in [-0.05, 0) is 36.6 Å². The van der Waals surface area contributed by atoms with Crippen molar-refractivity contribution in [3.8, 4) is 0 Å². The summed E-state index contributed by atoms with van der Waals surface area (Å²) in [5.41, 5.74) is 0.696. The number of carbonyl (C=O) groups excluding carboxylic acids is 2. The second-order valence-corrected chi connectivity index (χ2v) is 7.87. The Bertz CT molecular complexity index is 878. The van der Waals surface area contributed by atoms with Gasteiger partial charge in [0.05, 0.1) is 6.04 Å². The molecule has 0 saturated carbocycles. The summed E-state index contributed by atoms with van der Waals surface area (Å²) in [6.07, 6.45) is 1.39. The molecule has 3 unspecified atom stereocenters. The number of hydrogen-bond acceptors (Lipinski definition) is 3. The van der Waals surface area contributed by atoms with E-state index in [1.807, 2.05) is 6.07 Å². The molecule has 0 radical (unpaired) electrons. The average molecular weight is 388 g/mol. The van der Waals surface area contributed by atoms with E-state index < -0.39 is 22.9 Å². The Morgan fingerprint density at radius 3 is 2.70 bits per heavy atom. The van der Waals surface area contributed by atoms with Crippen LogP contribution in [-0.2, 0) is 9.59 Å². The van der Waals surface area contributed by atoms with Crippen LogP contribution in [0.2, 0.25) is 0 Å². The van der Waals surface area contributed by atoms with Gasteiger partial charge >= 0.3 is 0 Å². The molecular weight excluding hydrogens is 370 g/mol. The van der Waals surface area contributed by atoms with Crippen molar-refractivity contribution in [2.45, 2.75) is 35.1 Å².